The highest BCUT2D eigenvalue weighted by atomic mass is 32.2. The summed E-state index contributed by atoms with van der Waals surface area (Å²) in [5.74, 6) is 2.33. The van der Waals surface area contributed by atoms with Gasteiger partial charge in [0, 0.05) is 22.7 Å². The van der Waals surface area contributed by atoms with Gasteiger partial charge in [0.1, 0.15) is 0 Å². The van der Waals surface area contributed by atoms with Crippen LogP contribution in [0.1, 0.15) is 30.7 Å². The van der Waals surface area contributed by atoms with E-state index >= 15 is 0 Å². The van der Waals surface area contributed by atoms with Crippen LogP contribution in [0.5, 0.6) is 0 Å². The standard InChI is InChI=1S/C19H22N8S/c1-14-13-15(2)27-18(20-14)21-19(24-27)28-12-8-4-7-11-26-23-17(22-25-26)16-9-5-3-6-10-16/h3,5-6,9-10,13H,4,7-8,11-12H2,1-2H3. The van der Waals surface area contributed by atoms with Crippen molar-refractivity contribution in [3.8, 4) is 11.4 Å². The number of fused-ring (bicyclic) bond motifs is 1. The molecule has 3 heterocycles. The van der Waals surface area contributed by atoms with Crippen LogP contribution in [0.15, 0.2) is 41.6 Å². The second kappa shape index (κ2) is 8.47. The smallest absolute Gasteiger partial charge is 0.216 e. The number of tetrazole rings is 1. The first-order valence-electron chi connectivity index (χ1n) is 9.36. The van der Waals surface area contributed by atoms with E-state index in [1.165, 1.54) is 0 Å². The van der Waals surface area contributed by atoms with Gasteiger partial charge < -0.3 is 0 Å². The maximum absolute atomic E-state index is 4.52. The summed E-state index contributed by atoms with van der Waals surface area (Å²) in [5.41, 5.74) is 3.01. The Labute approximate surface area is 167 Å². The zero-order valence-corrected chi connectivity index (χ0v) is 16.8. The molecule has 8 nitrogen and oxygen atoms in total. The van der Waals surface area contributed by atoms with Crippen molar-refractivity contribution in [2.24, 2.45) is 0 Å². The van der Waals surface area contributed by atoms with Crippen molar-refractivity contribution in [3.63, 3.8) is 0 Å². The number of benzene rings is 1. The minimum Gasteiger partial charge on any atom is -0.216 e. The van der Waals surface area contributed by atoms with Crippen LogP contribution in [0, 0.1) is 13.8 Å². The van der Waals surface area contributed by atoms with Gasteiger partial charge in [0.05, 0.1) is 6.54 Å². The van der Waals surface area contributed by atoms with E-state index < -0.39 is 0 Å². The molecule has 0 aliphatic rings. The molecule has 0 atom stereocenters. The average molecular weight is 395 g/mol. The van der Waals surface area contributed by atoms with Gasteiger partial charge in [-0.25, -0.2) is 9.50 Å². The fraction of sp³-hybridized carbons (Fsp3) is 0.368. The predicted octanol–water partition coefficient (Wildman–Crippen LogP) is 3.36. The molecule has 4 aromatic rings. The van der Waals surface area contributed by atoms with E-state index in [-0.39, 0.29) is 0 Å². The van der Waals surface area contributed by atoms with Gasteiger partial charge in [0.2, 0.25) is 11.0 Å². The van der Waals surface area contributed by atoms with E-state index in [9.17, 15) is 0 Å². The van der Waals surface area contributed by atoms with Gasteiger partial charge in [-0.15, -0.1) is 15.3 Å². The maximum Gasteiger partial charge on any atom is 0.253 e. The summed E-state index contributed by atoms with van der Waals surface area (Å²) in [5, 5.41) is 18.0. The van der Waals surface area contributed by atoms with E-state index in [1.807, 2.05) is 50.2 Å². The van der Waals surface area contributed by atoms with Crippen LogP contribution in [-0.2, 0) is 6.54 Å². The van der Waals surface area contributed by atoms with Gasteiger partial charge in [0.25, 0.3) is 5.78 Å². The van der Waals surface area contributed by atoms with Crippen LogP contribution >= 0.6 is 11.8 Å². The van der Waals surface area contributed by atoms with Crippen LogP contribution in [-0.4, -0.2) is 45.5 Å². The minimum atomic E-state index is 0.673. The summed E-state index contributed by atoms with van der Waals surface area (Å²) in [7, 11) is 0. The van der Waals surface area contributed by atoms with Crippen LogP contribution < -0.4 is 0 Å². The molecule has 0 bridgehead atoms. The first-order valence-corrected chi connectivity index (χ1v) is 10.3. The average Bonchev–Trinajstić information content (AvgIpc) is 3.32. The summed E-state index contributed by atoms with van der Waals surface area (Å²) in [4.78, 5) is 10.6. The molecule has 0 N–H and O–H groups in total. The fourth-order valence-electron chi connectivity index (χ4n) is 2.95. The third-order valence-electron chi connectivity index (χ3n) is 4.32. The number of aryl methyl sites for hydroxylation is 3. The minimum absolute atomic E-state index is 0.673. The summed E-state index contributed by atoms with van der Waals surface area (Å²) in [6, 6.07) is 11.9. The highest BCUT2D eigenvalue weighted by molar-refractivity contribution is 7.99. The lowest BCUT2D eigenvalue weighted by Crippen LogP contribution is -2.02. The van der Waals surface area contributed by atoms with Crippen LogP contribution in [0.4, 0.5) is 0 Å². The Morgan fingerprint density at radius 1 is 0.964 bits per heavy atom. The molecule has 0 spiro atoms. The van der Waals surface area contributed by atoms with Gasteiger partial charge in [0.15, 0.2) is 0 Å². The van der Waals surface area contributed by atoms with E-state index in [0.717, 1.165) is 53.7 Å². The lowest BCUT2D eigenvalue weighted by atomic mass is 10.2. The first-order chi connectivity index (χ1) is 13.7. The number of hydrogen-bond acceptors (Lipinski definition) is 7. The van der Waals surface area contributed by atoms with Gasteiger partial charge >= 0.3 is 0 Å². The molecule has 0 unspecified atom stereocenters. The Bertz CT molecular complexity index is 1060. The molecule has 0 radical (unpaired) electrons. The van der Waals surface area contributed by atoms with Gasteiger partial charge in [-0.05, 0) is 38.0 Å². The molecule has 1 aromatic carbocycles. The predicted molar refractivity (Wildman–Crippen MR) is 108 cm³/mol. The molecular weight excluding hydrogens is 372 g/mol. The largest absolute Gasteiger partial charge is 0.253 e. The number of nitrogens with zero attached hydrogens (tertiary/aromatic N) is 8. The maximum atomic E-state index is 4.52. The monoisotopic (exact) mass is 394 g/mol. The quantitative estimate of drug-likeness (QED) is 0.334. The molecule has 0 aliphatic heterocycles. The normalized spacial score (nSPS) is 11.4. The van der Waals surface area contributed by atoms with Crippen molar-refractivity contribution in [3.05, 3.63) is 47.8 Å². The fourth-order valence-corrected chi connectivity index (χ4v) is 3.76. The van der Waals surface area contributed by atoms with Crippen molar-refractivity contribution in [1.82, 2.24) is 39.8 Å². The van der Waals surface area contributed by atoms with Gasteiger partial charge in [-0.1, -0.05) is 48.5 Å². The number of thioether (sulfide) groups is 1. The first kappa shape index (κ1) is 18.5. The summed E-state index contributed by atoms with van der Waals surface area (Å²) in [6.45, 7) is 4.77. The molecular formula is C19H22N8S. The topological polar surface area (TPSA) is 86.7 Å². The van der Waals surface area contributed by atoms with Crippen molar-refractivity contribution in [2.75, 3.05) is 5.75 Å². The Morgan fingerprint density at radius 3 is 2.68 bits per heavy atom. The number of hydrogen-bond donors (Lipinski definition) is 0. The van der Waals surface area contributed by atoms with Crippen molar-refractivity contribution >= 4 is 17.5 Å². The zero-order valence-electron chi connectivity index (χ0n) is 16.0. The van der Waals surface area contributed by atoms with Crippen LogP contribution in [0.2, 0.25) is 0 Å². The molecule has 0 aliphatic carbocycles. The summed E-state index contributed by atoms with van der Waals surface area (Å²) >= 11 is 1.67. The van der Waals surface area contributed by atoms with Crippen molar-refractivity contribution in [1.29, 1.82) is 0 Å². The third kappa shape index (κ3) is 4.36. The van der Waals surface area contributed by atoms with Crippen LogP contribution in [0.3, 0.4) is 0 Å². The number of unbranched alkanes of at least 4 members (excludes halogenated alkanes) is 2. The molecule has 3 aromatic heterocycles. The molecule has 9 heteroatoms. The highest BCUT2D eigenvalue weighted by Gasteiger charge is 2.08. The van der Waals surface area contributed by atoms with Crippen molar-refractivity contribution < 1.29 is 0 Å². The lowest BCUT2D eigenvalue weighted by molar-refractivity contribution is 0.487. The Balaban J connectivity index is 1.21. The van der Waals surface area contributed by atoms with E-state index in [1.54, 1.807) is 21.1 Å². The molecule has 0 saturated carbocycles. The second-order valence-corrected chi connectivity index (χ2v) is 7.69. The van der Waals surface area contributed by atoms with Gasteiger partial charge in [-0.3, -0.25) is 0 Å². The van der Waals surface area contributed by atoms with Crippen LogP contribution in [0.25, 0.3) is 17.2 Å². The van der Waals surface area contributed by atoms with E-state index in [2.05, 4.69) is 30.5 Å². The molecule has 0 fully saturated rings. The second-order valence-electron chi connectivity index (χ2n) is 6.63. The van der Waals surface area contributed by atoms with E-state index in [4.69, 9.17) is 0 Å². The summed E-state index contributed by atoms with van der Waals surface area (Å²) < 4.78 is 1.80. The third-order valence-corrected chi connectivity index (χ3v) is 5.24. The SMILES string of the molecule is Cc1cc(C)n2nc(SCCCCCn3nnc(-c4ccccc4)n3)nc2n1. The zero-order chi connectivity index (χ0) is 19.3. The van der Waals surface area contributed by atoms with Gasteiger partial charge in [-0.2, -0.15) is 9.78 Å². The van der Waals surface area contributed by atoms with E-state index in [0.29, 0.717) is 11.6 Å². The Morgan fingerprint density at radius 2 is 1.82 bits per heavy atom. The van der Waals surface area contributed by atoms with Crippen molar-refractivity contribution in [2.45, 2.75) is 44.8 Å². The molecule has 28 heavy (non-hydrogen) atoms. The highest BCUT2D eigenvalue weighted by Crippen LogP contribution is 2.17. The number of aromatic nitrogens is 8. The Hall–Kier alpha value is -2.81. The molecule has 0 saturated heterocycles. The molecule has 4 rings (SSSR count). The number of rotatable bonds is 8. The lowest BCUT2D eigenvalue weighted by Gasteiger charge is -1.99. The summed E-state index contributed by atoms with van der Waals surface area (Å²) in [6.07, 6.45) is 3.20. The molecule has 144 valence electrons. The Kier molecular flexibility index (Phi) is 5.61. The molecule has 0 amide bonds.